The first-order valence-corrected chi connectivity index (χ1v) is 4.93. The second-order valence-electron chi connectivity index (χ2n) is 3.49. The standard InChI is InChI=1S/C12H16N2O/c1-10(8-9-13)14(2)11-6-4-5-7-12(11)15-3/h4-7,10H,8H2,1-3H3. The molecule has 80 valence electrons. The van der Waals surface area contributed by atoms with Gasteiger partial charge in [-0.15, -0.1) is 0 Å². The molecule has 1 aromatic carbocycles. The molecule has 0 N–H and O–H groups in total. The van der Waals surface area contributed by atoms with Crippen LogP contribution in [0.4, 0.5) is 5.69 Å². The molecule has 0 bridgehead atoms. The number of rotatable bonds is 4. The first kappa shape index (κ1) is 11.4. The minimum absolute atomic E-state index is 0.186. The van der Waals surface area contributed by atoms with E-state index in [2.05, 4.69) is 11.0 Å². The first-order chi connectivity index (χ1) is 7.20. The Balaban J connectivity index is 2.90. The zero-order valence-electron chi connectivity index (χ0n) is 9.40. The van der Waals surface area contributed by atoms with E-state index in [4.69, 9.17) is 10.00 Å². The molecule has 0 saturated heterocycles. The third-order valence-corrected chi connectivity index (χ3v) is 2.51. The highest BCUT2D eigenvalue weighted by Crippen LogP contribution is 2.28. The van der Waals surface area contributed by atoms with Crippen molar-refractivity contribution in [2.45, 2.75) is 19.4 Å². The van der Waals surface area contributed by atoms with Crippen molar-refractivity contribution < 1.29 is 4.74 Å². The van der Waals surface area contributed by atoms with Crippen molar-refractivity contribution in [3.8, 4) is 11.8 Å². The Kier molecular flexibility index (Phi) is 3.99. The molecule has 0 spiro atoms. The smallest absolute Gasteiger partial charge is 0.142 e. The molecule has 0 radical (unpaired) electrons. The number of anilines is 1. The average molecular weight is 204 g/mol. The van der Waals surface area contributed by atoms with E-state index in [1.165, 1.54) is 0 Å². The first-order valence-electron chi connectivity index (χ1n) is 4.93. The van der Waals surface area contributed by atoms with Gasteiger partial charge in [-0.1, -0.05) is 12.1 Å². The van der Waals surface area contributed by atoms with E-state index in [1.54, 1.807) is 7.11 Å². The lowest BCUT2D eigenvalue weighted by molar-refractivity contribution is 0.414. The van der Waals surface area contributed by atoms with Crippen LogP contribution in [-0.4, -0.2) is 20.2 Å². The predicted molar refractivity (Wildman–Crippen MR) is 61.1 cm³/mol. The summed E-state index contributed by atoms with van der Waals surface area (Å²) < 4.78 is 5.27. The number of nitriles is 1. The number of ether oxygens (including phenoxy) is 1. The lowest BCUT2D eigenvalue weighted by Crippen LogP contribution is -2.28. The molecule has 0 aromatic heterocycles. The van der Waals surface area contributed by atoms with Crippen molar-refractivity contribution in [2.24, 2.45) is 0 Å². The summed E-state index contributed by atoms with van der Waals surface area (Å²) in [5.74, 6) is 0.838. The number of hydrogen-bond acceptors (Lipinski definition) is 3. The zero-order valence-corrected chi connectivity index (χ0v) is 9.40. The van der Waals surface area contributed by atoms with Crippen LogP contribution in [0.2, 0.25) is 0 Å². The molecule has 1 aromatic rings. The molecular weight excluding hydrogens is 188 g/mol. The summed E-state index contributed by atoms with van der Waals surface area (Å²) in [6, 6.07) is 10.2. The van der Waals surface area contributed by atoms with Crippen LogP contribution in [0.3, 0.4) is 0 Å². The van der Waals surface area contributed by atoms with Gasteiger partial charge in [-0.05, 0) is 19.1 Å². The van der Waals surface area contributed by atoms with Gasteiger partial charge in [0.25, 0.3) is 0 Å². The summed E-state index contributed by atoms with van der Waals surface area (Å²) >= 11 is 0. The SMILES string of the molecule is COc1ccccc1N(C)C(C)CC#N. The minimum atomic E-state index is 0.186. The largest absolute Gasteiger partial charge is 0.495 e. The van der Waals surface area contributed by atoms with Crippen molar-refractivity contribution in [2.75, 3.05) is 19.1 Å². The van der Waals surface area contributed by atoms with Gasteiger partial charge in [-0.3, -0.25) is 0 Å². The average Bonchev–Trinajstić information content (AvgIpc) is 2.28. The van der Waals surface area contributed by atoms with Crippen LogP contribution in [0.5, 0.6) is 5.75 Å². The molecule has 3 nitrogen and oxygen atoms in total. The van der Waals surface area contributed by atoms with E-state index < -0.39 is 0 Å². The fraction of sp³-hybridized carbons (Fsp3) is 0.417. The maximum absolute atomic E-state index is 8.65. The Hall–Kier alpha value is -1.69. The van der Waals surface area contributed by atoms with E-state index in [0.717, 1.165) is 11.4 Å². The zero-order chi connectivity index (χ0) is 11.3. The topological polar surface area (TPSA) is 36.3 Å². The number of hydrogen-bond donors (Lipinski definition) is 0. The third-order valence-electron chi connectivity index (χ3n) is 2.51. The van der Waals surface area contributed by atoms with Gasteiger partial charge in [-0.2, -0.15) is 5.26 Å². The van der Waals surface area contributed by atoms with E-state index >= 15 is 0 Å². The molecule has 1 unspecified atom stereocenters. The molecule has 0 heterocycles. The van der Waals surface area contributed by atoms with Gasteiger partial charge < -0.3 is 9.64 Å². The summed E-state index contributed by atoms with van der Waals surface area (Å²) in [5, 5.41) is 8.65. The summed E-state index contributed by atoms with van der Waals surface area (Å²) in [7, 11) is 3.63. The van der Waals surface area contributed by atoms with E-state index in [1.807, 2.05) is 38.2 Å². The minimum Gasteiger partial charge on any atom is -0.495 e. The Morgan fingerprint density at radius 2 is 2.13 bits per heavy atom. The predicted octanol–water partition coefficient (Wildman–Crippen LogP) is 2.43. The van der Waals surface area contributed by atoms with Crippen molar-refractivity contribution in [3.63, 3.8) is 0 Å². The van der Waals surface area contributed by atoms with Crippen LogP contribution in [0, 0.1) is 11.3 Å². The van der Waals surface area contributed by atoms with Crippen molar-refractivity contribution >= 4 is 5.69 Å². The van der Waals surface area contributed by atoms with Crippen LogP contribution >= 0.6 is 0 Å². The molecular formula is C12H16N2O. The molecule has 1 atom stereocenters. The Labute approximate surface area is 90.9 Å². The molecule has 0 fully saturated rings. The van der Waals surface area contributed by atoms with Gasteiger partial charge >= 0.3 is 0 Å². The molecule has 1 rings (SSSR count). The Morgan fingerprint density at radius 1 is 1.47 bits per heavy atom. The highest BCUT2D eigenvalue weighted by Gasteiger charge is 2.12. The van der Waals surface area contributed by atoms with Crippen LogP contribution < -0.4 is 9.64 Å². The van der Waals surface area contributed by atoms with Crippen molar-refractivity contribution in [1.29, 1.82) is 5.26 Å². The molecule has 0 amide bonds. The third kappa shape index (κ3) is 2.63. The van der Waals surface area contributed by atoms with Crippen LogP contribution in [0.15, 0.2) is 24.3 Å². The van der Waals surface area contributed by atoms with E-state index in [9.17, 15) is 0 Å². The highest BCUT2D eigenvalue weighted by atomic mass is 16.5. The number of nitrogens with zero attached hydrogens (tertiary/aromatic N) is 2. The van der Waals surface area contributed by atoms with E-state index in [0.29, 0.717) is 6.42 Å². The van der Waals surface area contributed by atoms with Crippen LogP contribution in [0.1, 0.15) is 13.3 Å². The highest BCUT2D eigenvalue weighted by molar-refractivity contribution is 5.58. The Morgan fingerprint density at radius 3 is 2.73 bits per heavy atom. The fourth-order valence-corrected chi connectivity index (χ4v) is 1.43. The van der Waals surface area contributed by atoms with Gasteiger partial charge in [0.1, 0.15) is 5.75 Å². The van der Waals surface area contributed by atoms with E-state index in [-0.39, 0.29) is 6.04 Å². The van der Waals surface area contributed by atoms with Gasteiger partial charge in [-0.25, -0.2) is 0 Å². The normalized spacial score (nSPS) is 11.6. The molecule has 0 aliphatic heterocycles. The number of benzene rings is 1. The molecule has 0 saturated carbocycles. The summed E-state index contributed by atoms with van der Waals surface area (Å²) in [4.78, 5) is 2.06. The maximum Gasteiger partial charge on any atom is 0.142 e. The lowest BCUT2D eigenvalue weighted by atomic mass is 10.2. The molecule has 0 aliphatic carbocycles. The Bertz CT molecular complexity index is 357. The van der Waals surface area contributed by atoms with Crippen LogP contribution in [0.25, 0.3) is 0 Å². The van der Waals surface area contributed by atoms with Gasteiger partial charge in [0.15, 0.2) is 0 Å². The van der Waals surface area contributed by atoms with Gasteiger partial charge in [0.2, 0.25) is 0 Å². The quantitative estimate of drug-likeness (QED) is 0.755. The van der Waals surface area contributed by atoms with Crippen LogP contribution in [-0.2, 0) is 0 Å². The fourth-order valence-electron chi connectivity index (χ4n) is 1.43. The summed E-state index contributed by atoms with van der Waals surface area (Å²) in [5.41, 5.74) is 1.02. The summed E-state index contributed by atoms with van der Waals surface area (Å²) in [6.07, 6.45) is 0.508. The molecule has 0 aliphatic rings. The van der Waals surface area contributed by atoms with Crippen molar-refractivity contribution in [3.05, 3.63) is 24.3 Å². The second kappa shape index (κ2) is 5.26. The summed E-state index contributed by atoms with van der Waals surface area (Å²) in [6.45, 7) is 2.02. The molecule has 15 heavy (non-hydrogen) atoms. The lowest BCUT2D eigenvalue weighted by Gasteiger charge is -2.26. The number of para-hydroxylation sites is 2. The van der Waals surface area contributed by atoms with Gasteiger partial charge in [0, 0.05) is 13.1 Å². The van der Waals surface area contributed by atoms with Gasteiger partial charge in [0.05, 0.1) is 25.3 Å². The molecule has 3 heteroatoms. The van der Waals surface area contributed by atoms with Crippen molar-refractivity contribution in [1.82, 2.24) is 0 Å². The maximum atomic E-state index is 8.65. The monoisotopic (exact) mass is 204 g/mol. The number of methoxy groups -OCH3 is 1. The second-order valence-corrected chi connectivity index (χ2v) is 3.49.